The molecule has 0 bridgehead atoms. The molecule has 5 aromatic rings. The van der Waals surface area contributed by atoms with Gasteiger partial charge in [0.15, 0.2) is 0 Å². The summed E-state index contributed by atoms with van der Waals surface area (Å²) in [7, 11) is 2.17. The third-order valence-corrected chi connectivity index (χ3v) is 8.40. The maximum absolute atomic E-state index is 15.0. The number of hydrogen-bond acceptors (Lipinski definition) is 6. The van der Waals surface area contributed by atoms with Crippen LogP contribution in [0.5, 0.6) is 0 Å². The minimum atomic E-state index is -5.14. The van der Waals surface area contributed by atoms with Gasteiger partial charge < -0.3 is 19.9 Å². The van der Waals surface area contributed by atoms with Gasteiger partial charge in [0.05, 0.1) is 29.3 Å². The molecule has 2 N–H and O–H groups in total. The Bertz CT molecular complexity index is 2250. The van der Waals surface area contributed by atoms with Crippen molar-refractivity contribution in [3.63, 3.8) is 0 Å². The van der Waals surface area contributed by atoms with Crippen LogP contribution in [0.15, 0.2) is 65.6 Å². The van der Waals surface area contributed by atoms with Crippen molar-refractivity contribution in [1.29, 1.82) is 0 Å². The normalized spacial score (nSPS) is 13.2. The van der Waals surface area contributed by atoms with Gasteiger partial charge >= 0.3 is 18.3 Å². The standard InChI is InChI=1S/C35H27F9N4O4/c1-4-26(34(39,40)41)46-18-14-22(37)28(23(38)15-18)31(49)47-24(33(51)52-3)12-16-7-9-20(30-19(16)6-5-11-45-30)27-29(35(42,43)44)21-13-17(36)8-10-25(21)48(2)32(27)50/h5-11,13-15,24,26,46H,4,12H2,1-3H3,(H,47,49)/t24-,26+/m0/s1. The van der Waals surface area contributed by atoms with Crippen LogP contribution in [-0.2, 0) is 29.2 Å². The number of halogens is 9. The largest absolute Gasteiger partial charge is 0.467 e. The number of nitrogens with zero attached hydrogens (tertiary/aromatic N) is 2. The van der Waals surface area contributed by atoms with Crippen LogP contribution in [0, 0.1) is 17.5 Å². The summed E-state index contributed by atoms with van der Waals surface area (Å²) in [6, 6.07) is 4.98. The van der Waals surface area contributed by atoms with Gasteiger partial charge in [-0.1, -0.05) is 25.1 Å². The Hall–Kier alpha value is -5.61. The first-order chi connectivity index (χ1) is 24.4. The molecule has 1 amide bonds. The lowest BCUT2D eigenvalue weighted by Gasteiger charge is -2.22. The average molecular weight is 739 g/mol. The molecule has 5 rings (SSSR count). The Morgan fingerprint density at radius 2 is 1.62 bits per heavy atom. The molecule has 2 aromatic heterocycles. The Labute approximate surface area is 288 Å². The molecule has 8 nitrogen and oxygen atoms in total. The number of anilines is 1. The van der Waals surface area contributed by atoms with E-state index in [9.17, 15) is 45.1 Å². The van der Waals surface area contributed by atoms with E-state index in [-0.39, 0.29) is 27.5 Å². The van der Waals surface area contributed by atoms with Crippen LogP contribution < -0.4 is 16.2 Å². The number of hydrogen-bond donors (Lipinski definition) is 2. The summed E-state index contributed by atoms with van der Waals surface area (Å²) in [4.78, 5) is 43.6. The number of esters is 1. The van der Waals surface area contributed by atoms with Crippen LogP contribution in [0.4, 0.5) is 45.2 Å². The van der Waals surface area contributed by atoms with Gasteiger partial charge in [0, 0.05) is 41.7 Å². The number of nitrogens with one attached hydrogen (secondary N) is 2. The van der Waals surface area contributed by atoms with Gasteiger partial charge in [-0.25, -0.2) is 18.0 Å². The van der Waals surface area contributed by atoms with E-state index in [1.807, 2.05) is 5.32 Å². The minimum Gasteiger partial charge on any atom is -0.467 e. The third-order valence-electron chi connectivity index (χ3n) is 8.40. The van der Waals surface area contributed by atoms with Gasteiger partial charge in [0.2, 0.25) is 0 Å². The van der Waals surface area contributed by atoms with E-state index >= 15 is 8.78 Å². The zero-order valence-corrected chi connectivity index (χ0v) is 27.3. The number of rotatable bonds is 9. The zero-order valence-electron chi connectivity index (χ0n) is 27.3. The number of aryl methyl sites for hydroxylation is 1. The molecule has 274 valence electrons. The van der Waals surface area contributed by atoms with Crippen LogP contribution in [0.3, 0.4) is 0 Å². The van der Waals surface area contributed by atoms with Crippen molar-refractivity contribution in [1.82, 2.24) is 14.9 Å². The van der Waals surface area contributed by atoms with Crippen LogP contribution >= 0.6 is 0 Å². The minimum absolute atomic E-state index is 0.112. The van der Waals surface area contributed by atoms with E-state index in [0.29, 0.717) is 18.2 Å². The van der Waals surface area contributed by atoms with Crippen molar-refractivity contribution in [2.75, 3.05) is 12.4 Å². The Kier molecular flexibility index (Phi) is 10.3. The first-order valence-electron chi connectivity index (χ1n) is 15.3. The zero-order chi connectivity index (χ0) is 38.3. The van der Waals surface area contributed by atoms with Gasteiger partial charge in [0.1, 0.15) is 35.1 Å². The molecule has 0 radical (unpaired) electrons. The fraction of sp³-hybridized carbons (Fsp3) is 0.257. The highest BCUT2D eigenvalue weighted by Crippen LogP contribution is 2.42. The quantitative estimate of drug-likeness (QED) is 0.120. The fourth-order valence-corrected chi connectivity index (χ4v) is 5.95. The lowest BCUT2D eigenvalue weighted by molar-refractivity contribution is -0.143. The molecular formula is C35H27F9N4O4. The first kappa shape index (κ1) is 37.6. The van der Waals surface area contributed by atoms with Gasteiger partial charge in [-0.2, -0.15) is 26.3 Å². The summed E-state index contributed by atoms with van der Waals surface area (Å²) >= 11 is 0. The number of ether oxygens (including phenoxy) is 1. The molecule has 0 spiro atoms. The van der Waals surface area contributed by atoms with E-state index in [4.69, 9.17) is 4.74 Å². The number of benzene rings is 3. The first-order valence-corrected chi connectivity index (χ1v) is 15.3. The second-order valence-electron chi connectivity index (χ2n) is 11.7. The highest BCUT2D eigenvalue weighted by atomic mass is 19.4. The van der Waals surface area contributed by atoms with Crippen molar-refractivity contribution in [2.24, 2.45) is 7.05 Å². The molecule has 0 saturated carbocycles. The Morgan fingerprint density at radius 3 is 2.21 bits per heavy atom. The predicted octanol–water partition coefficient (Wildman–Crippen LogP) is 7.46. The lowest BCUT2D eigenvalue weighted by atomic mass is 9.91. The Morgan fingerprint density at radius 1 is 0.942 bits per heavy atom. The number of alkyl halides is 6. The maximum atomic E-state index is 15.0. The van der Waals surface area contributed by atoms with Gasteiger partial charge in [-0.05, 0) is 48.4 Å². The molecule has 2 atom stereocenters. The number of carbonyl (C=O) groups excluding carboxylic acids is 2. The molecule has 0 aliphatic carbocycles. The molecule has 0 aliphatic heterocycles. The van der Waals surface area contributed by atoms with Crippen LogP contribution in [0.1, 0.15) is 34.8 Å². The van der Waals surface area contributed by atoms with E-state index in [1.54, 1.807) is 0 Å². The van der Waals surface area contributed by atoms with Gasteiger partial charge in [-0.3, -0.25) is 14.6 Å². The molecular weight excluding hydrogens is 711 g/mol. The molecule has 3 aromatic carbocycles. The monoisotopic (exact) mass is 738 g/mol. The van der Waals surface area contributed by atoms with Gasteiger partial charge in [0.25, 0.3) is 11.5 Å². The number of fused-ring (bicyclic) bond motifs is 2. The molecule has 0 aliphatic rings. The van der Waals surface area contributed by atoms with Crippen LogP contribution in [-0.4, -0.2) is 46.8 Å². The SMILES string of the molecule is CC[C@@H](Nc1cc(F)c(C(=O)N[C@@H](Cc2ccc(-c3c(C(F)(F)F)c4cc(F)ccc4n(C)c3=O)c3ncccc23)C(=O)OC)c(F)c1)C(F)(F)F. The Balaban J connectivity index is 1.56. The summed E-state index contributed by atoms with van der Waals surface area (Å²) in [5.74, 6) is -6.64. The molecule has 0 unspecified atom stereocenters. The summed E-state index contributed by atoms with van der Waals surface area (Å²) in [5.41, 5.74) is -5.56. The molecule has 0 fully saturated rings. The highest BCUT2D eigenvalue weighted by Gasteiger charge is 2.40. The van der Waals surface area contributed by atoms with Crippen molar-refractivity contribution >= 4 is 39.4 Å². The number of carbonyl (C=O) groups is 2. The van der Waals surface area contributed by atoms with E-state index in [0.717, 1.165) is 29.9 Å². The average Bonchev–Trinajstić information content (AvgIpc) is 3.06. The molecule has 2 heterocycles. The van der Waals surface area contributed by atoms with Crippen molar-refractivity contribution in [3.05, 3.63) is 105 Å². The van der Waals surface area contributed by atoms with E-state index < -0.39 is 99.9 Å². The number of aromatic nitrogens is 2. The van der Waals surface area contributed by atoms with Crippen LogP contribution in [0.2, 0.25) is 0 Å². The predicted molar refractivity (Wildman–Crippen MR) is 172 cm³/mol. The van der Waals surface area contributed by atoms with Crippen molar-refractivity contribution in [2.45, 2.75) is 44.2 Å². The number of amides is 1. The van der Waals surface area contributed by atoms with Crippen LogP contribution in [0.25, 0.3) is 32.9 Å². The number of pyridine rings is 2. The maximum Gasteiger partial charge on any atom is 0.417 e. The van der Waals surface area contributed by atoms with Gasteiger partial charge in [-0.15, -0.1) is 0 Å². The molecule has 0 saturated heterocycles. The topological polar surface area (TPSA) is 102 Å². The number of methoxy groups -OCH3 is 1. The van der Waals surface area contributed by atoms with E-state index in [2.05, 4.69) is 10.3 Å². The second kappa shape index (κ2) is 14.2. The van der Waals surface area contributed by atoms with E-state index in [1.165, 1.54) is 38.4 Å². The summed E-state index contributed by atoms with van der Waals surface area (Å²) < 4.78 is 133. The smallest absolute Gasteiger partial charge is 0.417 e. The van der Waals surface area contributed by atoms with Crippen molar-refractivity contribution < 1.29 is 53.8 Å². The van der Waals surface area contributed by atoms with Crippen molar-refractivity contribution in [3.8, 4) is 11.1 Å². The molecule has 17 heteroatoms. The lowest BCUT2D eigenvalue weighted by Crippen LogP contribution is -2.43. The fourth-order valence-electron chi connectivity index (χ4n) is 5.95. The summed E-state index contributed by atoms with van der Waals surface area (Å²) in [6.07, 6.45) is -9.59. The summed E-state index contributed by atoms with van der Waals surface area (Å²) in [6.45, 7) is 1.20. The molecule has 52 heavy (non-hydrogen) atoms. The second-order valence-corrected chi connectivity index (χ2v) is 11.7. The highest BCUT2D eigenvalue weighted by molar-refractivity contribution is 6.01. The third kappa shape index (κ3) is 7.25. The summed E-state index contributed by atoms with van der Waals surface area (Å²) in [5, 5.41) is 3.63.